The molecule has 0 atom stereocenters. The summed E-state index contributed by atoms with van der Waals surface area (Å²) in [5.74, 6) is -0.379. The van der Waals surface area contributed by atoms with Crippen molar-refractivity contribution in [3.05, 3.63) is 11.6 Å². The summed E-state index contributed by atoms with van der Waals surface area (Å²) >= 11 is 0. The Balaban J connectivity index is 3.80. The molecule has 0 aromatic rings. The molecule has 4 heteroatoms. The first kappa shape index (κ1) is 9.13. The second-order valence-corrected chi connectivity index (χ2v) is 1.74. The first-order valence-electron chi connectivity index (χ1n) is 2.84. The van der Waals surface area contributed by atoms with E-state index >= 15 is 0 Å². The maximum Gasteiger partial charge on any atom is 0.333 e. The maximum absolute atomic E-state index is 10.6. The molecule has 0 aliphatic rings. The number of hydroxylamine groups is 1. The van der Waals surface area contributed by atoms with Crippen LogP contribution in [0.5, 0.6) is 0 Å². The fourth-order valence-corrected chi connectivity index (χ4v) is 0.443. The average Bonchev–Trinajstić information content (AvgIpc) is 1.98. The molecule has 0 spiro atoms. The Morgan fingerprint density at radius 2 is 2.40 bits per heavy atom. The van der Waals surface area contributed by atoms with E-state index in [0.717, 1.165) is 0 Å². The molecular formula is C6H11NO3. The number of hydrogen-bond acceptors (Lipinski definition) is 4. The van der Waals surface area contributed by atoms with Gasteiger partial charge >= 0.3 is 5.97 Å². The van der Waals surface area contributed by atoms with Crippen LogP contribution < -0.4 is 5.48 Å². The first-order chi connectivity index (χ1) is 4.72. The van der Waals surface area contributed by atoms with Crippen molar-refractivity contribution in [3.63, 3.8) is 0 Å². The predicted octanol–water partition coefficient (Wildman–Crippen LogP) is 0.0845. The number of rotatable bonds is 3. The number of carbonyl (C=O) groups is 1. The van der Waals surface area contributed by atoms with E-state index in [0.29, 0.717) is 5.57 Å². The van der Waals surface area contributed by atoms with Crippen molar-refractivity contribution in [2.45, 2.75) is 6.92 Å². The van der Waals surface area contributed by atoms with Crippen molar-refractivity contribution < 1.29 is 14.7 Å². The van der Waals surface area contributed by atoms with Crippen LogP contribution >= 0.6 is 0 Å². The van der Waals surface area contributed by atoms with Gasteiger partial charge in [0.1, 0.15) is 0 Å². The molecule has 0 radical (unpaired) electrons. The minimum absolute atomic E-state index is 0.251. The molecule has 4 nitrogen and oxygen atoms in total. The molecule has 0 heterocycles. The van der Waals surface area contributed by atoms with Gasteiger partial charge in [-0.3, -0.25) is 0 Å². The van der Waals surface area contributed by atoms with Crippen LogP contribution in [0.15, 0.2) is 11.6 Å². The van der Waals surface area contributed by atoms with Gasteiger partial charge in [0.25, 0.3) is 0 Å². The Morgan fingerprint density at radius 3 is 2.80 bits per heavy atom. The number of ether oxygens (including phenoxy) is 1. The molecular weight excluding hydrogens is 134 g/mol. The fourth-order valence-electron chi connectivity index (χ4n) is 0.443. The van der Waals surface area contributed by atoms with Gasteiger partial charge in [-0.25, -0.2) is 10.3 Å². The zero-order valence-corrected chi connectivity index (χ0v) is 6.05. The Labute approximate surface area is 59.4 Å². The quantitative estimate of drug-likeness (QED) is 0.335. The molecule has 0 fully saturated rings. The molecule has 0 bridgehead atoms. The SMILES string of the molecule is COC(=O)C(C)=CCNO. The molecule has 0 saturated heterocycles. The number of carbonyl (C=O) groups excluding carboxylic acids is 1. The lowest BCUT2D eigenvalue weighted by Crippen LogP contribution is -2.09. The van der Waals surface area contributed by atoms with Crippen LogP contribution in [-0.4, -0.2) is 24.8 Å². The molecule has 0 aliphatic carbocycles. The summed E-state index contributed by atoms with van der Waals surface area (Å²) in [7, 11) is 1.31. The molecule has 0 amide bonds. The second-order valence-electron chi connectivity index (χ2n) is 1.74. The molecule has 0 aromatic carbocycles. The minimum atomic E-state index is -0.379. The number of esters is 1. The van der Waals surface area contributed by atoms with Crippen molar-refractivity contribution >= 4 is 5.97 Å². The van der Waals surface area contributed by atoms with Crippen LogP contribution in [0.1, 0.15) is 6.92 Å². The van der Waals surface area contributed by atoms with E-state index in [1.807, 2.05) is 5.48 Å². The lowest BCUT2D eigenvalue weighted by atomic mass is 10.3. The Hall–Kier alpha value is -0.870. The summed E-state index contributed by atoms with van der Waals surface area (Å²) in [6.07, 6.45) is 1.53. The highest BCUT2D eigenvalue weighted by molar-refractivity contribution is 5.87. The smallest absolute Gasteiger partial charge is 0.333 e. The highest BCUT2D eigenvalue weighted by Gasteiger charge is 2.00. The molecule has 0 unspecified atom stereocenters. The van der Waals surface area contributed by atoms with E-state index in [2.05, 4.69) is 4.74 Å². The zero-order valence-electron chi connectivity index (χ0n) is 6.05. The second kappa shape index (κ2) is 4.96. The van der Waals surface area contributed by atoms with E-state index in [9.17, 15) is 4.79 Å². The topological polar surface area (TPSA) is 58.6 Å². The van der Waals surface area contributed by atoms with Gasteiger partial charge < -0.3 is 9.94 Å². The zero-order chi connectivity index (χ0) is 7.98. The summed E-state index contributed by atoms with van der Waals surface area (Å²) in [4.78, 5) is 10.6. The predicted molar refractivity (Wildman–Crippen MR) is 35.6 cm³/mol. The molecule has 2 N–H and O–H groups in total. The van der Waals surface area contributed by atoms with Gasteiger partial charge in [0.15, 0.2) is 0 Å². The van der Waals surface area contributed by atoms with Gasteiger partial charge in [-0.1, -0.05) is 6.08 Å². The molecule has 10 heavy (non-hydrogen) atoms. The third-order valence-corrected chi connectivity index (χ3v) is 1.01. The largest absolute Gasteiger partial charge is 0.466 e. The molecule has 0 saturated carbocycles. The summed E-state index contributed by atoms with van der Waals surface area (Å²) in [5, 5.41) is 8.12. The maximum atomic E-state index is 10.6. The first-order valence-corrected chi connectivity index (χ1v) is 2.84. The molecule has 0 aliphatic heterocycles. The van der Waals surface area contributed by atoms with E-state index in [1.165, 1.54) is 13.2 Å². The van der Waals surface area contributed by atoms with Crippen molar-refractivity contribution in [1.82, 2.24) is 5.48 Å². The van der Waals surface area contributed by atoms with Crippen LogP contribution in [0, 0.1) is 0 Å². The minimum Gasteiger partial charge on any atom is -0.466 e. The Kier molecular flexibility index (Phi) is 4.53. The van der Waals surface area contributed by atoms with E-state index < -0.39 is 0 Å². The molecule has 0 aromatic heterocycles. The average molecular weight is 145 g/mol. The third kappa shape index (κ3) is 3.21. The molecule has 0 rings (SSSR count). The standard InChI is InChI=1S/C6H11NO3/c1-5(3-4-7-9)6(8)10-2/h3,7,9H,4H2,1-2H3. The van der Waals surface area contributed by atoms with Crippen molar-refractivity contribution in [1.29, 1.82) is 0 Å². The van der Waals surface area contributed by atoms with Gasteiger partial charge in [0.05, 0.1) is 7.11 Å². The summed E-state index contributed by atoms with van der Waals surface area (Å²) in [6, 6.07) is 0. The van der Waals surface area contributed by atoms with Crippen molar-refractivity contribution in [3.8, 4) is 0 Å². The number of hydrogen-bond donors (Lipinski definition) is 2. The molecule has 58 valence electrons. The van der Waals surface area contributed by atoms with Crippen LogP contribution in [0.3, 0.4) is 0 Å². The summed E-state index contributed by atoms with van der Waals surface area (Å²) in [6.45, 7) is 1.87. The van der Waals surface area contributed by atoms with Crippen LogP contribution in [0.4, 0.5) is 0 Å². The van der Waals surface area contributed by atoms with Gasteiger partial charge in [0, 0.05) is 12.1 Å². The number of methoxy groups -OCH3 is 1. The van der Waals surface area contributed by atoms with E-state index in [1.54, 1.807) is 6.92 Å². The van der Waals surface area contributed by atoms with Gasteiger partial charge in [0.2, 0.25) is 0 Å². The van der Waals surface area contributed by atoms with Gasteiger partial charge in [-0.05, 0) is 6.92 Å². The monoisotopic (exact) mass is 145 g/mol. The highest BCUT2D eigenvalue weighted by atomic mass is 16.5. The summed E-state index contributed by atoms with van der Waals surface area (Å²) in [5.41, 5.74) is 2.37. The third-order valence-electron chi connectivity index (χ3n) is 1.01. The Bertz CT molecular complexity index is 142. The highest BCUT2D eigenvalue weighted by Crippen LogP contribution is 1.92. The number of nitrogens with one attached hydrogen (secondary N) is 1. The van der Waals surface area contributed by atoms with Crippen molar-refractivity contribution in [2.24, 2.45) is 0 Å². The Morgan fingerprint density at radius 1 is 1.80 bits per heavy atom. The lowest BCUT2D eigenvalue weighted by molar-refractivity contribution is -0.136. The van der Waals surface area contributed by atoms with E-state index in [4.69, 9.17) is 5.21 Å². The normalized spacial score (nSPS) is 11.3. The summed E-state index contributed by atoms with van der Waals surface area (Å²) < 4.78 is 4.39. The van der Waals surface area contributed by atoms with E-state index in [-0.39, 0.29) is 12.5 Å². The lowest BCUT2D eigenvalue weighted by Gasteiger charge is -1.96. The van der Waals surface area contributed by atoms with Gasteiger partial charge in [-0.15, -0.1) is 0 Å². The fraction of sp³-hybridized carbons (Fsp3) is 0.500. The van der Waals surface area contributed by atoms with Crippen LogP contribution in [-0.2, 0) is 9.53 Å². The van der Waals surface area contributed by atoms with Crippen LogP contribution in [0.25, 0.3) is 0 Å². The van der Waals surface area contributed by atoms with Crippen molar-refractivity contribution in [2.75, 3.05) is 13.7 Å². The van der Waals surface area contributed by atoms with Crippen LogP contribution in [0.2, 0.25) is 0 Å². The van der Waals surface area contributed by atoms with Gasteiger partial charge in [-0.2, -0.15) is 0 Å².